The molecule has 0 aliphatic carbocycles. The molecule has 3 nitrogen and oxygen atoms in total. The third-order valence-corrected chi connectivity index (χ3v) is 2.29. The lowest BCUT2D eigenvalue weighted by atomic mass is 9.99. The molecule has 1 aliphatic heterocycles. The lowest BCUT2D eigenvalue weighted by Gasteiger charge is -2.12. The van der Waals surface area contributed by atoms with Gasteiger partial charge in [0.05, 0.1) is 13.2 Å². The SMILES string of the molecule is C=C(C)C(=O)OCC1COCC1C. The van der Waals surface area contributed by atoms with Crippen LogP contribution in [0.1, 0.15) is 13.8 Å². The van der Waals surface area contributed by atoms with Gasteiger partial charge in [0, 0.05) is 18.1 Å². The highest BCUT2D eigenvalue weighted by Crippen LogP contribution is 2.20. The highest BCUT2D eigenvalue weighted by Gasteiger charge is 2.25. The fourth-order valence-corrected chi connectivity index (χ4v) is 1.22. The zero-order valence-corrected chi connectivity index (χ0v) is 8.21. The van der Waals surface area contributed by atoms with E-state index in [4.69, 9.17) is 9.47 Å². The van der Waals surface area contributed by atoms with Crippen molar-refractivity contribution in [2.45, 2.75) is 13.8 Å². The predicted octanol–water partition coefficient (Wildman–Crippen LogP) is 1.39. The molecule has 0 N–H and O–H groups in total. The minimum absolute atomic E-state index is 0.306. The molecule has 0 aromatic carbocycles. The minimum atomic E-state index is -0.306. The summed E-state index contributed by atoms with van der Waals surface area (Å²) < 4.78 is 10.3. The lowest BCUT2D eigenvalue weighted by molar-refractivity contribution is -0.140. The highest BCUT2D eigenvalue weighted by molar-refractivity contribution is 5.86. The van der Waals surface area contributed by atoms with Crippen LogP contribution in [0.4, 0.5) is 0 Å². The summed E-state index contributed by atoms with van der Waals surface area (Å²) >= 11 is 0. The molecular formula is C10H16O3. The van der Waals surface area contributed by atoms with E-state index in [1.54, 1.807) is 6.92 Å². The number of carbonyl (C=O) groups is 1. The quantitative estimate of drug-likeness (QED) is 0.491. The number of hydrogen-bond donors (Lipinski definition) is 0. The van der Waals surface area contributed by atoms with Crippen LogP contribution in [0.25, 0.3) is 0 Å². The molecule has 0 aromatic heterocycles. The molecule has 0 aromatic rings. The van der Waals surface area contributed by atoms with Crippen molar-refractivity contribution in [2.75, 3.05) is 19.8 Å². The Hall–Kier alpha value is -0.830. The Labute approximate surface area is 78.7 Å². The van der Waals surface area contributed by atoms with Crippen molar-refractivity contribution in [1.82, 2.24) is 0 Å². The second kappa shape index (κ2) is 4.42. The van der Waals surface area contributed by atoms with E-state index in [2.05, 4.69) is 13.5 Å². The number of carbonyl (C=O) groups excluding carboxylic acids is 1. The van der Waals surface area contributed by atoms with Crippen molar-refractivity contribution in [1.29, 1.82) is 0 Å². The first kappa shape index (κ1) is 10.3. The van der Waals surface area contributed by atoms with Crippen molar-refractivity contribution < 1.29 is 14.3 Å². The molecular weight excluding hydrogens is 168 g/mol. The molecule has 1 aliphatic rings. The highest BCUT2D eigenvalue weighted by atomic mass is 16.5. The first-order valence-corrected chi connectivity index (χ1v) is 4.51. The maximum atomic E-state index is 11.0. The molecule has 13 heavy (non-hydrogen) atoms. The minimum Gasteiger partial charge on any atom is -0.462 e. The standard InChI is InChI=1S/C10H16O3/c1-7(2)10(11)13-6-9-5-12-4-8(9)3/h8-9H,1,4-6H2,2-3H3. The Morgan fingerprint density at radius 2 is 2.31 bits per heavy atom. The van der Waals surface area contributed by atoms with Crippen molar-refractivity contribution in [3.63, 3.8) is 0 Å². The van der Waals surface area contributed by atoms with Gasteiger partial charge in [0.25, 0.3) is 0 Å². The maximum Gasteiger partial charge on any atom is 0.333 e. The summed E-state index contributed by atoms with van der Waals surface area (Å²) in [5.41, 5.74) is 0.451. The second-order valence-electron chi connectivity index (χ2n) is 3.65. The fraction of sp³-hybridized carbons (Fsp3) is 0.700. The van der Waals surface area contributed by atoms with Crippen LogP contribution in [-0.2, 0) is 14.3 Å². The van der Waals surface area contributed by atoms with Gasteiger partial charge in [0.2, 0.25) is 0 Å². The molecule has 0 saturated carbocycles. The van der Waals surface area contributed by atoms with E-state index in [-0.39, 0.29) is 5.97 Å². The normalized spacial score (nSPS) is 27.2. The Kier molecular flexibility index (Phi) is 3.48. The van der Waals surface area contributed by atoms with Gasteiger partial charge in [0.1, 0.15) is 0 Å². The Bertz CT molecular complexity index is 210. The average Bonchev–Trinajstić information content (AvgIpc) is 2.47. The van der Waals surface area contributed by atoms with Crippen molar-refractivity contribution in [3.8, 4) is 0 Å². The molecule has 2 unspecified atom stereocenters. The molecule has 0 amide bonds. The van der Waals surface area contributed by atoms with E-state index in [0.717, 1.165) is 6.61 Å². The summed E-state index contributed by atoms with van der Waals surface area (Å²) in [4.78, 5) is 11.0. The second-order valence-corrected chi connectivity index (χ2v) is 3.65. The van der Waals surface area contributed by atoms with E-state index in [0.29, 0.717) is 30.6 Å². The van der Waals surface area contributed by atoms with Crippen LogP contribution in [0.15, 0.2) is 12.2 Å². The predicted molar refractivity (Wildman–Crippen MR) is 49.2 cm³/mol. The summed E-state index contributed by atoms with van der Waals surface area (Å²) in [6, 6.07) is 0. The smallest absolute Gasteiger partial charge is 0.333 e. The monoisotopic (exact) mass is 184 g/mol. The Morgan fingerprint density at radius 3 is 2.77 bits per heavy atom. The van der Waals surface area contributed by atoms with E-state index in [1.165, 1.54) is 0 Å². The summed E-state index contributed by atoms with van der Waals surface area (Å²) in [5, 5.41) is 0. The average molecular weight is 184 g/mol. The van der Waals surface area contributed by atoms with Crippen LogP contribution < -0.4 is 0 Å². The van der Waals surface area contributed by atoms with Gasteiger partial charge in [-0.25, -0.2) is 4.79 Å². The van der Waals surface area contributed by atoms with Crippen molar-refractivity contribution in [2.24, 2.45) is 11.8 Å². The zero-order chi connectivity index (χ0) is 9.84. The summed E-state index contributed by atoms with van der Waals surface area (Å²) in [5.74, 6) is 0.528. The molecule has 1 saturated heterocycles. The Balaban J connectivity index is 2.26. The van der Waals surface area contributed by atoms with Crippen LogP contribution in [0, 0.1) is 11.8 Å². The van der Waals surface area contributed by atoms with Crippen LogP contribution in [-0.4, -0.2) is 25.8 Å². The van der Waals surface area contributed by atoms with Gasteiger partial charge in [-0.1, -0.05) is 13.5 Å². The number of rotatable bonds is 3. The fourth-order valence-electron chi connectivity index (χ4n) is 1.22. The number of esters is 1. The Morgan fingerprint density at radius 1 is 1.62 bits per heavy atom. The van der Waals surface area contributed by atoms with Gasteiger partial charge in [-0.2, -0.15) is 0 Å². The van der Waals surface area contributed by atoms with E-state index in [1.807, 2.05) is 0 Å². The van der Waals surface area contributed by atoms with E-state index >= 15 is 0 Å². The maximum absolute atomic E-state index is 11.0. The summed E-state index contributed by atoms with van der Waals surface area (Å²) in [6.45, 7) is 9.19. The summed E-state index contributed by atoms with van der Waals surface area (Å²) in [7, 11) is 0. The first-order valence-electron chi connectivity index (χ1n) is 4.51. The molecule has 2 atom stereocenters. The van der Waals surface area contributed by atoms with Gasteiger partial charge in [0.15, 0.2) is 0 Å². The van der Waals surface area contributed by atoms with Gasteiger partial charge >= 0.3 is 5.97 Å². The largest absolute Gasteiger partial charge is 0.462 e. The molecule has 0 radical (unpaired) electrons. The lowest BCUT2D eigenvalue weighted by Crippen LogP contribution is -2.19. The molecule has 1 heterocycles. The van der Waals surface area contributed by atoms with Crippen LogP contribution in [0.2, 0.25) is 0 Å². The zero-order valence-electron chi connectivity index (χ0n) is 8.21. The molecule has 0 bridgehead atoms. The van der Waals surface area contributed by atoms with Gasteiger partial charge in [-0.3, -0.25) is 0 Å². The molecule has 3 heteroatoms. The third kappa shape index (κ3) is 2.84. The summed E-state index contributed by atoms with van der Waals surface area (Å²) in [6.07, 6.45) is 0. The van der Waals surface area contributed by atoms with Gasteiger partial charge < -0.3 is 9.47 Å². The van der Waals surface area contributed by atoms with Gasteiger partial charge in [-0.05, 0) is 12.8 Å². The molecule has 1 rings (SSSR count). The van der Waals surface area contributed by atoms with Crippen LogP contribution in [0.5, 0.6) is 0 Å². The first-order chi connectivity index (χ1) is 6.11. The molecule has 74 valence electrons. The van der Waals surface area contributed by atoms with Crippen molar-refractivity contribution in [3.05, 3.63) is 12.2 Å². The van der Waals surface area contributed by atoms with E-state index < -0.39 is 0 Å². The van der Waals surface area contributed by atoms with Crippen LogP contribution in [0.3, 0.4) is 0 Å². The number of ether oxygens (including phenoxy) is 2. The van der Waals surface area contributed by atoms with E-state index in [9.17, 15) is 4.79 Å². The van der Waals surface area contributed by atoms with Crippen molar-refractivity contribution >= 4 is 5.97 Å². The topological polar surface area (TPSA) is 35.5 Å². The molecule has 0 spiro atoms. The van der Waals surface area contributed by atoms with Gasteiger partial charge in [-0.15, -0.1) is 0 Å². The number of hydrogen-bond acceptors (Lipinski definition) is 3. The van der Waals surface area contributed by atoms with Crippen LogP contribution >= 0.6 is 0 Å². The molecule has 1 fully saturated rings. The third-order valence-electron chi connectivity index (χ3n) is 2.29.